The second kappa shape index (κ2) is 9.06. The first kappa shape index (κ1) is 21.3. The number of carbonyl (C=O) groups is 2. The van der Waals surface area contributed by atoms with Crippen LogP contribution >= 0.6 is 0 Å². The molecule has 1 aliphatic rings. The lowest BCUT2D eigenvalue weighted by Crippen LogP contribution is -2.29. The molecule has 1 aromatic heterocycles. The number of likely N-dealkylation sites (tertiary alicyclic amines) is 1. The lowest BCUT2D eigenvalue weighted by molar-refractivity contribution is -0.140. The molecule has 0 bridgehead atoms. The van der Waals surface area contributed by atoms with Gasteiger partial charge in [-0.1, -0.05) is 43.3 Å². The smallest absolute Gasteiger partial charge is 0.295 e. The molecule has 1 fully saturated rings. The maximum atomic E-state index is 13.1. The summed E-state index contributed by atoms with van der Waals surface area (Å²) in [4.78, 5) is 31.7. The molecule has 2 aromatic carbocycles. The number of benzene rings is 2. The van der Waals surface area contributed by atoms with Crippen molar-refractivity contribution in [3.05, 3.63) is 101 Å². The van der Waals surface area contributed by atoms with Crippen LogP contribution in [0.25, 0.3) is 5.76 Å². The molecular formula is C26H24N2O4. The van der Waals surface area contributed by atoms with E-state index in [4.69, 9.17) is 4.74 Å². The summed E-state index contributed by atoms with van der Waals surface area (Å²) < 4.78 is 5.29. The summed E-state index contributed by atoms with van der Waals surface area (Å²) in [5.74, 6) is -0.871. The number of rotatable bonds is 6. The summed E-state index contributed by atoms with van der Waals surface area (Å²) in [7, 11) is 1.58. The van der Waals surface area contributed by atoms with Gasteiger partial charge in [-0.05, 0) is 47.4 Å². The molecule has 0 aliphatic carbocycles. The van der Waals surface area contributed by atoms with Gasteiger partial charge in [-0.3, -0.25) is 14.6 Å². The van der Waals surface area contributed by atoms with Crippen LogP contribution in [0.3, 0.4) is 0 Å². The van der Waals surface area contributed by atoms with Gasteiger partial charge in [-0.15, -0.1) is 0 Å². The highest BCUT2D eigenvalue weighted by molar-refractivity contribution is 6.46. The minimum atomic E-state index is -0.727. The lowest BCUT2D eigenvalue weighted by atomic mass is 9.95. The van der Waals surface area contributed by atoms with Gasteiger partial charge in [0.05, 0.1) is 18.7 Å². The Morgan fingerprint density at radius 3 is 2.41 bits per heavy atom. The molecule has 1 saturated heterocycles. The van der Waals surface area contributed by atoms with Gasteiger partial charge in [-0.25, -0.2) is 0 Å². The van der Waals surface area contributed by atoms with Crippen molar-refractivity contribution in [2.45, 2.75) is 25.9 Å². The maximum absolute atomic E-state index is 13.1. The van der Waals surface area contributed by atoms with E-state index in [9.17, 15) is 14.7 Å². The molecule has 32 heavy (non-hydrogen) atoms. The third-order valence-corrected chi connectivity index (χ3v) is 5.68. The average molecular weight is 428 g/mol. The zero-order valence-corrected chi connectivity index (χ0v) is 18.0. The number of pyridine rings is 1. The van der Waals surface area contributed by atoms with E-state index in [-0.39, 0.29) is 17.9 Å². The first-order valence-corrected chi connectivity index (χ1v) is 10.4. The van der Waals surface area contributed by atoms with Crippen molar-refractivity contribution in [2.24, 2.45) is 0 Å². The van der Waals surface area contributed by atoms with E-state index < -0.39 is 17.7 Å². The van der Waals surface area contributed by atoms with Gasteiger partial charge in [0.25, 0.3) is 11.7 Å². The van der Waals surface area contributed by atoms with Crippen molar-refractivity contribution >= 4 is 17.4 Å². The number of hydrogen-bond acceptors (Lipinski definition) is 5. The molecule has 0 spiro atoms. The van der Waals surface area contributed by atoms with Crippen LogP contribution in [0.2, 0.25) is 0 Å². The Balaban J connectivity index is 1.81. The number of aryl methyl sites for hydroxylation is 1. The van der Waals surface area contributed by atoms with Crippen molar-refractivity contribution in [3.8, 4) is 5.75 Å². The SMILES string of the molecule is CCc1ccc(/C(O)=C2/C(=O)C(=O)N(Cc3cccc(OC)c3)C2c2ccncc2)cc1. The summed E-state index contributed by atoms with van der Waals surface area (Å²) in [5.41, 5.74) is 3.21. The van der Waals surface area contributed by atoms with Gasteiger partial charge in [0, 0.05) is 24.5 Å². The molecular weight excluding hydrogens is 404 g/mol. The number of Topliss-reactive ketones (excluding diaryl/α,β-unsaturated/α-hetero) is 1. The van der Waals surface area contributed by atoms with Gasteiger partial charge in [0.1, 0.15) is 11.5 Å². The van der Waals surface area contributed by atoms with Crippen molar-refractivity contribution in [2.75, 3.05) is 7.11 Å². The lowest BCUT2D eigenvalue weighted by Gasteiger charge is -2.25. The van der Waals surface area contributed by atoms with E-state index in [2.05, 4.69) is 4.98 Å². The number of carbonyl (C=O) groups excluding carboxylic acids is 2. The predicted molar refractivity (Wildman–Crippen MR) is 121 cm³/mol. The molecule has 0 radical (unpaired) electrons. The number of hydrogen-bond donors (Lipinski definition) is 1. The number of methoxy groups -OCH3 is 1. The van der Waals surface area contributed by atoms with Gasteiger partial charge in [0.2, 0.25) is 0 Å². The molecule has 6 heteroatoms. The molecule has 4 rings (SSSR count). The van der Waals surface area contributed by atoms with Gasteiger partial charge >= 0.3 is 0 Å². The molecule has 1 N–H and O–H groups in total. The minimum absolute atomic E-state index is 0.0772. The summed E-state index contributed by atoms with van der Waals surface area (Å²) in [6.07, 6.45) is 4.08. The summed E-state index contributed by atoms with van der Waals surface area (Å²) in [6.45, 7) is 2.24. The first-order valence-electron chi connectivity index (χ1n) is 10.4. The number of nitrogens with zero attached hydrogens (tertiary/aromatic N) is 2. The summed E-state index contributed by atoms with van der Waals surface area (Å²) in [6, 6.07) is 17.5. The monoisotopic (exact) mass is 428 g/mol. The van der Waals surface area contributed by atoms with E-state index in [0.717, 1.165) is 17.5 Å². The van der Waals surface area contributed by atoms with Crippen LogP contribution in [-0.2, 0) is 22.6 Å². The molecule has 1 amide bonds. The summed E-state index contributed by atoms with van der Waals surface area (Å²) in [5, 5.41) is 11.1. The van der Waals surface area contributed by atoms with Crippen LogP contribution in [0, 0.1) is 0 Å². The largest absolute Gasteiger partial charge is 0.507 e. The van der Waals surface area contributed by atoms with Crippen molar-refractivity contribution in [1.29, 1.82) is 0 Å². The van der Waals surface area contributed by atoms with Crippen LogP contribution in [0.15, 0.2) is 78.6 Å². The van der Waals surface area contributed by atoms with E-state index in [1.165, 1.54) is 4.90 Å². The maximum Gasteiger partial charge on any atom is 0.295 e. The second-order valence-electron chi connectivity index (χ2n) is 7.61. The van der Waals surface area contributed by atoms with E-state index in [1.807, 2.05) is 43.3 Å². The van der Waals surface area contributed by atoms with Crippen molar-refractivity contribution in [3.63, 3.8) is 0 Å². The molecule has 2 heterocycles. The molecule has 3 aromatic rings. The zero-order valence-electron chi connectivity index (χ0n) is 18.0. The van der Waals surface area contributed by atoms with E-state index in [1.54, 1.807) is 43.8 Å². The third-order valence-electron chi connectivity index (χ3n) is 5.68. The van der Waals surface area contributed by atoms with Crippen LogP contribution in [0.5, 0.6) is 5.75 Å². The quantitative estimate of drug-likeness (QED) is 0.360. The molecule has 162 valence electrons. The van der Waals surface area contributed by atoms with Crippen LogP contribution in [0.1, 0.15) is 35.2 Å². The Hall–Kier alpha value is -3.93. The standard InChI is InChI=1S/C26H24N2O4/c1-3-17-7-9-20(10-8-17)24(29)22-23(19-11-13-27-14-12-19)28(26(31)25(22)30)16-18-5-4-6-21(15-18)32-2/h4-15,23,29H,3,16H2,1-2H3/b24-22-. The van der Waals surface area contributed by atoms with Crippen LogP contribution in [0.4, 0.5) is 0 Å². The number of amides is 1. The van der Waals surface area contributed by atoms with Crippen molar-refractivity contribution in [1.82, 2.24) is 9.88 Å². The number of aliphatic hydroxyl groups is 1. The second-order valence-corrected chi connectivity index (χ2v) is 7.61. The Morgan fingerprint density at radius 2 is 1.75 bits per heavy atom. The normalized spacial score (nSPS) is 17.6. The Kier molecular flexibility index (Phi) is 6.03. The average Bonchev–Trinajstić information content (AvgIpc) is 3.09. The number of ketones is 1. The van der Waals surface area contributed by atoms with Gasteiger partial charge < -0.3 is 14.7 Å². The zero-order chi connectivity index (χ0) is 22.7. The molecule has 6 nitrogen and oxygen atoms in total. The van der Waals surface area contributed by atoms with Crippen molar-refractivity contribution < 1.29 is 19.4 Å². The first-order chi connectivity index (χ1) is 15.5. The number of aromatic nitrogens is 1. The fourth-order valence-corrected chi connectivity index (χ4v) is 3.96. The minimum Gasteiger partial charge on any atom is -0.507 e. The topological polar surface area (TPSA) is 79.7 Å². The van der Waals surface area contributed by atoms with Gasteiger partial charge in [-0.2, -0.15) is 0 Å². The van der Waals surface area contributed by atoms with Crippen LogP contribution in [-0.4, -0.2) is 33.8 Å². The molecule has 0 saturated carbocycles. The number of aliphatic hydroxyl groups excluding tert-OH is 1. The van der Waals surface area contributed by atoms with E-state index >= 15 is 0 Å². The highest BCUT2D eigenvalue weighted by atomic mass is 16.5. The molecule has 1 unspecified atom stereocenters. The van der Waals surface area contributed by atoms with E-state index in [0.29, 0.717) is 16.9 Å². The Morgan fingerprint density at radius 1 is 1.03 bits per heavy atom. The third kappa shape index (κ3) is 3.99. The fraction of sp³-hybridized carbons (Fsp3) is 0.192. The van der Waals surface area contributed by atoms with Crippen LogP contribution < -0.4 is 4.74 Å². The highest BCUT2D eigenvalue weighted by Gasteiger charge is 2.46. The van der Waals surface area contributed by atoms with Gasteiger partial charge in [0.15, 0.2) is 0 Å². The molecule has 1 aliphatic heterocycles. The number of ether oxygens (including phenoxy) is 1. The highest BCUT2D eigenvalue weighted by Crippen LogP contribution is 2.40. The molecule has 1 atom stereocenters. The summed E-state index contributed by atoms with van der Waals surface area (Å²) >= 11 is 0. The fourth-order valence-electron chi connectivity index (χ4n) is 3.96. The Bertz CT molecular complexity index is 1170. The Labute approximate surface area is 186 Å². The predicted octanol–water partition coefficient (Wildman–Crippen LogP) is 4.27.